The Hall–Kier alpha value is -1.15. The Labute approximate surface area is 115 Å². The van der Waals surface area contributed by atoms with Crippen LogP contribution in [0.15, 0.2) is 24.3 Å². The van der Waals surface area contributed by atoms with Crippen LogP contribution in [0.25, 0.3) is 6.08 Å². The summed E-state index contributed by atoms with van der Waals surface area (Å²) in [5, 5.41) is 0. The minimum atomic E-state index is -0.170. The summed E-state index contributed by atoms with van der Waals surface area (Å²) in [5.41, 5.74) is 7.86. The Morgan fingerprint density at radius 2 is 2.05 bits per heavy atom. The molecule has 1 unspecified atom stereocenters. The number of hydrogen-bond donors (Lipinski definition) is 1. The molecule has 0 bridgehead atoms. The molecule has 1 aliphatic carbocycles. The molecule has 0 saturated heterocycles. The van der Waals surface area contributed by atoms with E-state index in [2.05, 4.69) is 26.8 Å². The van der Waals surface area contributed by atoms with Gasteiger partial charge in [0.25, 0.3) is 0 Å². The van der Waals surface area contributed by atoms with E-state index in [0.29, 0.717) is 5.56 Å². The highest BCUT2D eigenvalue weighted by Gasteiger charge is 2.23. The van der Waals surface area contributed by atoms with Crippen LogP contribution in [0, 0.1) is 17.2 Å². The van der Waals surface area contributed by atoms with Gasteiger partial charge in [0.05, 0.1) is 0 Å². The summed E-state index contributed by atoms with van der Waals surface area (Å²) in [4.78, 5) is 0. The minimum Gasteiger partial charge on any atom is -0.324 e. The summed E-state index contributed by atoms with van der Waals surface area (Å²) in [7, 11) is 0. The predicted molar refractivity (Wildman–Crippen MR) is 79.2 cm³/mol. The van der Waals surface area contributed by atoms with Crippen molar-refractivity contribution in [2.45, 2.75) is 46.1 Å². The highest BCUT2D eigenvalue weighted by Crippen LogP contribution is 2.33. The molecule has 1 saturated carbocycles. The predicted octanol–water partition coefficient (Wildman–Crippen LogP) is 4.68. The molecule has 0 radical (unpaired) electrons. The molecular formula is C17H24FN. The smallest absolute Gasteiger partial charge is 0.130 e. The monoisotopic (exact) mass is 261 g/mol. The van der Waals surface area contributed by atoms with E-state index in [0.717, 1.165) is 17.9 Å². The third-order valence-corrected chi connectivity index (χ3v) is 3.78. The van der Waals surface area contributed by atoms with Gasteiger partial charge in [-0.3, -0.25) is 0 Å². The summed E-state index contributed by atoms with van der Waals surface area (Å²) in [6.07, 6.45) is 7.69. The minimum absolute atomic E-state index is 0.0210. The van der Waals surface area contributed by atoms with Gasteiger partial charge in [-0.15, -0.1) is 0 Å². The maximum Gasteiger partial charge on any atom is 0.130 e. The van der Waals surface area contributed by atoms with Gasteiger partial charge in [-0.2, -0.15) is 0 Å². The van der Waals surface area contributed by atoms with Gasteiger partial charge in [-0.25, -0.2) is 4.39 Å². The molecule has 1 fully saturated rings. The summed E-state index contributed by atoms with van der Waals surface area (Å²) in [5.74, 6) is 0.663. The maximum absolute atomic E-state index is 13.8. The van der Waals surface area contributed by atoms with Gasteiger partial charge in [0.15, 0.2) is 0 Å². The highest BCUT2D eigenvalue weighted by molar-refractivity contribution is 5.51. The SMILES string of the molecule is CC(C)(C)C(N)c1ccc(F)c(/C=C\CC2CC2)c1. The zero-order chi connectivity index (χ0) is 14.0. The molecule has 0 spiro atoms. The number of allylic oxidation sites excluding steroid dienone is 1. The Kier molecular flexibility index (Phi) is 4.10. The van der Waals surface area contributed by atoms with E-state index in [-0.39, 0.29) is 17.3 Å². The number of benzene rings is 1. The summed E-state index contributed by atoms with van der Waals surface area (Å²) in [6.45, 7) is 6.30. The Morgan fingerprint density at radius 1 is 1.37 bits per heavy atom. The first-order chi connectivity index (χ1) is 8.88. The van der Waals surface area contributed by atoms with E-state index in [4.69, 9.17) is 5.73 Å². The number of nitrogens with two attached hydrogens (primary N) is 1. The first-order valence-electron chi connectivity index (χ1n) is 7.09. The molecule has 0 heterocycles. The molecule has 0 amide bonds. The third-order valence-electron chi connectivity index (χ3n) is 3.78. The fraction of sp³-hybridized carbons (Fsp3) is 0.529. The van der Waals surface area contributed by atoms with Crippen molar-refractivity contribution in [2.75, 3.05) is 0 Å². The Balaban J connectivity index is 2.16. The van der Waals surface area contributed by atoms with Gasteiger partial charge >= 0.3 is 0 Å². The van der Waals surface area contributed by atoms with Crippen LogP contribution < -0.4 is 5.73 Å². The summed E-state index contributed by atoms with van der Waals surface area (Å²) >= 11 is 0. The quantitative estimate of drug-likeness (QED) is 0.836. The fourth-order valence-electron chi connectivity index (χ4n) is 2.12. The number of rotatable bonds is 4. The molecule has 1 aliphatic rings. The summed E-state index contributed by atoms with van der Waals surface area (Å²) < 4.78 is 13.8. The van der Waals surface area contributed by atoms with Gasteiger partial charge in [0.1, 0.15) is 5.82 Å². The second-order valence-corrected chi connectivity index (χ2v) is 6.71. The van der Waals surface area contributed by atoms with Gasteiger partial charge in [-0.05, 0) is 48.3 Å². The average Bonchev–Trinajstić information content (AvgIpc) is 3.13. The van der Waals surface area contributed by atoms with E-state index >= 15 is 0 Å². The van der Waals surface area contributed by atoms with Crippen LogP contribution in [-0.2, 0) is 0 Å². The molecule has 2 heteroatoms. The molecule has 104 valence electrons. The second-order valence-electron chi connectivity index (χ2n) is 6.71. The Bertz CT molecular complexity index is 467. The molecule has 0 aromatic heterocycles. The van der Waals surface area contributed by atoms with Crippen molar-refractivity contribution in [3.8, 4) is 0 Å². The van der Waals surface area contributed by atoms with Crippen LogP contribution in [0.3, 0.4) is 0 Å². The average molecular weight is 261 g/mol. The van der Waals surface area contributed by atoms with Crippen LogP contribution in [0.4, 0.5) is 4.39 Å². The van der Waals surface area contributed by atoms with Crippen molar-refractivity contribution in [3.63, 3.8) is 0 Å². The van der Waals surface area contributed by atoms with E-state index < -0.39 is 0 Å². The lowest BCUT2D eigenvalue weighted by Crippen LogP contribution is -2.26. The van der Waals surface area contributed by atoms with Crippen LogP contribution >= 0.6 is 0 Å². The second kappa shape index (κ2) is 5.46. The summed E-state index contributed by atoms with van der Waals surface area (Å²) in [6, 6.07) is 5.12. The van der Waals surface area contributed by atoms with Crippen LogP contribution in [0.1, 0.15) is 57.2 Å². The molecule has 1 aromatic carbocycles. The zero-order valence-corrected chi connectivity index (χ0v) is 12.1. The van der Waals surface area contributed by atoms with Crippen LogP contribution in [-0.4, -0.2) is 0 Å². The lowest BCUT2D eigenvalue weighted by Gasteiger charge is -2.27. The molecule has 0 aliphatic heterocycles. The molecule has 1 atom stereocenters. The highest BCUT2D eigenvalue weighted by atomic mass is 19.1. The van der Waals surface area contributed by atoms with Crippen molar-refractivity contribution < 1.29 is 4.39 Å². The van der Waals surface area contributed by atoms with Crippen molar-refractivity contribution in [1.82, 2.24) is 0 Å². The van der Waals surface area contributed by atoms with Crippen molar-refractivity contribution in [2.24, 2.45) is 17.1 Å². The fourth-order valence-corrected chi connectivity index (χ4v) is 2.12. The van der Waals surface area contributed by atoms with E-state index in [9.17, 15) is 4.39 Å². The topological polar surface area (TPSA) is 26.0 Å². The molecule has 2 rings (SSSR count). The van der Waals surface area contributed by atoms with Crippen LogP contribution in [0.5, 0.6) is 0 Å². The largest absolute Gasteiger partial charge is 0.324 e. The normalized spacial score (nSPS) is 17.9. The third kappa shape index (κ3) is 3.90. The molecule has 2 N–H and O–H groups in total. The van der Waals surface area contributed by atoms with Gasteiger partial charge < -0.3 is 5.73 Å². The number of halogens is 1. The molecule has 1 nitrogen and oxygen atoms in total. The zero-order valence-electron chi connectivity index (χ0n) is 12.1. The molecule has 19 heavy (non-hydrogen) atoms. The first kappa shape index (κ1) is 14.3. The van der Waals surface area contributed by atoms with Gasteiger partial charge in [-0.1, -0.05) is 39.0 Å². The van der Waals surface area contributed by atoms with E-state index in [1.165, 1.54) is 18.9 Å². The van der Waals surface area contributed by atoms with Crippen molar-refractivity contribution in [1.29, 1.82) is 0 Å². The van der Waals surface area contributed by atoms with E-state index in [1.807, 2.05) is 12.1 Å². The van der Waals surface area contributed by atoms with Crippen molar-refractivity contribution >= 4 is 6.08 Å². The molecule has 1 aromatic rings. The number of hydrogen-bond acceptors (Lipinski definition) is 1. The lowest BCUT2D eigenvalue weighted by atomic mass is 9.82. The van der Waals surface area contributed by atoms with E-state index in [1.54, 1.807) is 6.07 Å². The molecular weight excluding hydrogens is 237 g/mol. The Morgan fingerprint density at radius 3 is 2.63 bits per heavy atom. The maximum atomic E-state index is 13.8. The van der Waals surface area contributed by atoms with Crippen LogP contribution in [0.2, 0.25) is 0 Å². The first-order valence-corrected chi connectivity index (χ1v) is 7.09. The van der Waals surface area contributed by atoms with Gasteiger partial charge in [0, 0.05) is 11.6 Å². The lowest BCUT2D eigenvalue weighted by molar-refractivity contribution is 0.326. The standard InChI is InChI=1S/C17H24FN/c1-17(2,3)16(19)14-9-10-15(18)13(11-14)6-4-5-12-7-8-12/h4,6,9-12,16H,5,7-8,19H2,1-3H3/b6-4-. The van der Waals surface area contributed by atoms with Gasteiger partial charge in [0.2, 0.25) is 0 Å². The van der Waals surface area contributed by atoms with Crippen molar-refractivity contribution in [3.05, 3.63) is 41.2 Å².